The zero-order valence-corrected chi connectivity index (χ0v) is 11.8. The Hall–Kier alpha value is -1.18. The molecule has 1 aromatic rings. The van der Waals surface area contributed by atoms with Crippen LogP contribution in [0, 0.1) is 0 Å². The van der Waals surface area contributed by atoms with Gasteiger partial charge in [0.2, 0.25) is 0 Å². The zero-order chi connectivity index (χ0) is 13.2. The second-order valence-corrected chi connectivity index (χ2v) is 5.23. The topological polar surface area (TPSA) is 52.0 Å². The Morgan fingerprint density at radius 2 is 1.22 bits per heavy atom. The highest BCUT2D eigenvalue weighted by Crippen LogP contribution is 2.16. The van der Waals surface area contributed by atoms with Crippen molar-refractivity contribution >= 4 is 11.4 Å². The summed E-state index contributed by atoms with van der Waals surface area (Å²) < 4.78 is 0. The molecular weight excluding hydrogens is 220 g/mol. The minimum Gasteiger partial charge on any atom is -0.399 e. The van der Waals surface area contributed by atoms with Gasteiger partial charge in [-0.25, -0.2) is 0 Å². The maximum Gasteiger partial charge on any atom is 0.0337 e. The summed E-state index contributed by atoms with van der Waals surface area (Å²) >= 11 is 0. The van der Waals surface area contributed by atoms with Gasteiger partial charge in [0.1, 0.15) is 0 Å². The molecule has 18 heavy (non-hydrogen) atoms. The number of aryl methyl sites for hydroxylation is 1. The first-order valence-corrected chi connectivity index (χ1v) is 7.37. The third-order valence-electron chi connectivity index (χ3n) is 3.36. The minimum atomic E-state index is 0.782. The quantitative estimate of drug-likeness (QED) is 0.498. The summed E-state index contributed by atoms with van der Waals surface area (Å²) in [6.45, 7) is 2.26. The Bertz CT molecular complexity index is 314. The van der Waals surface area contributed by atoms with Crippen LogP contribution in [0.4, 0.5) is 11.4 Å². The van der Waals surface area contributed by atoms with E-state index in [-0.39, 0.29) is 0 Å². The van der Waals surface area contributed by atoms with Crippen molar-refractivity contribution in [3.05, 3.63) is 23.8 Å². The molecule has 0 saturated carbocycles. The molecular formula is C16H28N2. The van der Waals surface area contributed by atoms with Crippen LogP contribution in [0.1, 0.15) is 63.9 Å². The largest absolute Gasteiger partial charge is 0.399 e. The van der Waals surface area contributed by atoms with E-state index in [1.807, 2.05) is 18.2 Å². The second-order valence-electron chi connectivity index (χ2n) is 5.23. The molecule has 0 aromatic heterocycles. The molecule has 4 N–H and O–H groups in total. The Morgan fingerprint density at radius 3 is 1.78 bits per heavy atom. The summed E-state index contributed by atoms with van der Waals surface area (Å²) in [5.74, 6) is 0. The van der Waals surface area contributed by atoms with Crippen molar-refractivity contribution in [3.8, 4) is 0 Å². The van der Waals surface area contributed by atoms with Gasteiger partial charge >= 0.3 is 0 Å². The van der Waals surface area contributed by atoms with Crippen LogP contribution in [0.3, 0.4) is 0 Å². The van der Waals surface area contributed by atoms with Gasteiger partial charge in [0.05, 0.1) is 0 Å². The molecule has 102 valence electrons. The van der Waals surface area contributed by atoms with Crippen molar-refractivity contribution in [2.24, 2.45) is 0 Å². The number of rotatable bonds is 9. The summed E-state index contributed by atoms with van der Waals surface area (Å²) in [4.78, 5) is 0. The average Bonchev–Trinajstić information content (AvgIpc) is 2.31. The molecule has 1 rings (SSSR count). The van der Waals surface area contributed by atoms with E-state index in [0.29, 0.717) is 0 Å². The maximum atomic E-state index is 5.78. The van der Waals surface area contributed by atoms with E-state index in [1.54, 1.807) is 0 Å². The molecule has 0 unspecified atom stereocenters. The fourth-order valence-electron chi connectivity index (χ4n) is 2.35. The predicted molar refractivity (Wildman–Crippen MR) is 81.6 cm³/mol. The minimum absolute atomic E-state index is 0.782. The fraction of sp³-hybridized carbons (Fsp3) is 0.625. The molecule has 0 bridgehead atoms. The van der Waals surface area contributed by atoms with E-state index >= 15 is 0 Å². The summed E-state index contributed by atoms with van der Waals surface area (Å²) in [5, 5.41) is 0. The molecule has 0 fully saturated rings. The third-order valence-corrected chi connectivity index (χ3v) is 3.36. The summed E-state index contributed by atoms with van der Waals surface area (Å²) in [7, 11) is 0. The molecule has 0 radical (unpaired) electrons. The Kier molecular flexibility index (Phi) is 7.31. The Morgan fingerprint density at radius 1 is 0.722 bits per heavy atom. The molecule has 0 saturated heterocycles. The van der Waals surface area contributed by atoms with Crippen LogP contribution in [0.2, 0.25) is 0 Å². The predicted octanol–water partition coefficient (Wildman–Crippen LogP) is 4.53. The first kappa shape index (κ1) is 14.9. The van der Waals surface area contributed by atoms with Gasteiger partial charge < -0.3 is 11.5 Å². The van der Waals surface area contributed by atoms with Crippen molar-refractivity contribution in [1.29, 1.82) is 0 Å². The highest BCUT2D eigenvalue weighted by atomic mass is 14.6. The van der Waals surface area contributed by atoms with E-state index in [4.69, 9.17) is 11.5 Å². The van der Waals surface area contributed by atoms with Crippen LogP contribution in [-0.4, -0.2) is 0 Å². The average molecular weight is 248 g/mol. The molecule has 0 atom stereocenters. The van der Waals surface area contributed by atoms with Crippen LogP contribution in [-0.2, 0) is 6.42 Å². The molecule has 0 amide bonds. The number of nitrogen functional groups attached to an aromatic ring is 2. The molecule has 2 heteroatoms. The van der Waals surface area contributed by atoms with Crippen molar-refractivity contribution in [3.63, 3.8) is 0 Å². The molecule has 0 aliphatic carbocycles. The number of benzene rings is 1. The number of anilines is 2. The van der Waals surface area contributed by atoms with Gasteiger partial charge in [0.15, 0.2) is 0 Å². The maximum absolute atomic E-state index is 5.78. The van der Waals surface area contributed by atoms with E-state index in [9.17, 15) is 0 Å². The van der Waals surface area contributed by atoms with Crippen molar-refractivity contribution in [2.45, 2.75) is 64.7 Å². The lowest BCUT2D eigenvalue weighted by Gasteiger charge is -2.05. The van der Waals surface area contributed by atoms with E-state index < -0.39 is 0 Å². The number of unbranched alkanes of at least 4 members (excludes halogenated alkanes) is 7. The van der Waals surface area contributed by atoms with Gasteiger partial charge in [-0.2, -0.15) is 0 Å². The summed E-state index contributed by atoms with van der Waals surface area (Å²) in [6.07, 6.45) is 11.9. The van der Waals surface area contributed by atoms with E-state index in [1.165, 1.54) is 56.9 Å². The van der Waals surface area contributed by atoms with Gasteiger partial charge in [-0.15, -0.1) is 0 Å². The van der Waals surface area contributed by atoms with Crippen LogP contribution < -0.4 is 11.5 Å². The van der Waals surface area contributed by atoms with Gasteiger partial charge in [0, 0.05) is 11.4 Å². The number of hydrogen-bond acceptors (Lipinski definition) is 2. The molecule has 0 spiro atoms. The lowest BCUT2D eigenvalue weighted by molar-refractivity contribution is 0.575. The molecule has 0 aliphatic rings. The lowest BCUT2D eigenvalue weighted by Crippen LogP contribution is -1.94. The summed E-state index contributed by atoms with van der Waals surface area (Å²) in [6, 6.07) is 5.90. The molecule has 1 aromatic carbocycles. The van der Waals surface area contributed by atoms with E-state index in [0.717, 1.165) is 17.8 Å². The number of hydrogen-bond donors (Lipinski definition) is 2. The van der Waals surface area contributed by atoms with Crippen molar-refractivity contribution in [1.82, 2.24) is 0 Å². The Labute approximate surface area is 112 Å². The van der Waals surface area contributed by atoms with Crippen LogP contribution in [0.15, 0.2) is 18.2 Å². The monoisotopic (exact) mass is 248 g/mol. The van der Waals surface area contributed by atoms with Crippen molar-refractivity contribution in [2.75, 3.05) is 11.5 Å². The van der Waals surface area contributed by atoms with Crippen molar-refractivity contribution < 1.29 is 0 Å². The van der Waals surface area contributed by atoms with Gasteiger partial charge in [-0.05, 0) is 36.6 Å². The highest BCUT2D eigenvalue weighted by Gasteiger charge is 1.97. The molecule has 0 heterocycles. The normalized spacial score (nSPS) is 10.7. The fourth-order valence-corrected chi connectivity index (χ4v) is 2.35. The SMILES string of the molecule is CCCCCCCCCCc1cc(N)cc(N)c1. The van der Waals surface area contributed by atoms with E-state index in [2.05, 4.69) is 6.92 Å². The third kappa shape index (κ3) is 6.53. The Balaban J connectivity index is 2.07. The van der Waals surface area contributed by atoms with Crippen LogP contribution in [0.25, 0.3) is 0 Å². The number of nitrogens with two attached hydrogens (primary N) is 2. The molecule has 0 aliphatic heterocycles. The molecule has 2 nitrogen and oxygen atoms in total. The van der Waals surface area contributed by atoms with Gasteiger partial charge in [0.25, 0.3) is 0 Å². The van der Waals surface area contributed by atoms with Crippen LogP contribution in [0.5, 0.6) is 0 Å². The smallest absolute Gasteiger partial charge is 0.0337 e. The second kappa shape index (κ2) is 8.84. The standard InChI is InChI=1S/C16H28N2/c1-2-3-4-5-6-7-8-9-10-14-11-15(17)13-16(18)12-14/h11-13H,2-10,17-18H2,1H3. The van der Waals surface area contributed by atoms with Gasteiger partial charge in [-0.1, -0.05) is 51.9 Å². The highest BCUT2D eigenvalue weighted by molar-refractivity contribution is 5.54. The first-order chi connectivity index (χ1) is 8.72. The van der Waals surface area contributed by atoms with Crippen LogP contribution >= 0.6 is 0 Å². The lowest BCUT2D eigenvalue weighted by atomic mass is 10.0. The first-order valence-electron chi connectivity index (χ1n) is 7.37. The zero-order valence-electron chi connectivity index (χ0n) is 11.8. The van der Waals surface area contributed by atoms with Gasteiger partial charge in [-0.3, -0.25) is 0 Å². The summed E-state index contributed by atoms with van der Waals surface area (Å²) in [5.41, 5.74) is 14.4.